The van der Waals surface area contributed by atoms with Crippen LogP contribution in [0.2, 0.25) is 0 Å². The van der Waals surface area contributed by atoms with Crippen molar-refractivity contribution in [1.82, 2.24) is 4.90 Å². The summed E-state index contributed by atoms with van der Waals surface area (Å²) >= 11 is 0. The Balaban J connectivity index is 2.31. The van der Waals surface area contributed by atoms with E-state index in [-0.39, 0.29) is 5.91 Å². The Morgan fingerprint density at radius 2 is 2.20 bits per heavy atom. The summed E-state index contributed by atoms with van der Waals surface area (Å²) in [5.41, 5.74) is 8.01. The van der Waals surface area contributed by atoms with Crippen molar-refractivity contribution in [2.45, 2.75) is 33.2 Å². The summed E-state index contributed by atoms with van der Waals surface area (Å²) in [5.74, 6) is 6.58. The topological polar surface area (TPSA) is 46.3 Å². The van der Waals surface area contributed by atoms with Gasteiger partial charge in [0.05, 0.1) is 6.54 Å². The molecule has 106 valence electrons. The average Bonchev–Trinajstić information content (AvgIpc) is 2.76. The van der Waals surface area contributed by atoms with Crippen molar-refractivity contribution < 1.29 is 4.79 Å². The van der Waals surface area contributed by atoms with E-state index in [0.29, 0.717) is 18.5 Å². The largest absolute Gasteiger partial charge is 0.336 e. The summed E-state index contributed by atoms with van der Waals surface area (Å²) < 4.78 is 0. The first-order chi connectivity index (χ1) is 9.54. The predicted octanol–water partition coefficient (Wildman–Crippen LogP) is 2.18. The number of benzene rings is 1. The number of hydrogen-bond donors (Lipinski definition) is 1. The summed E-state index contributed by atoms with van der Waals surface area (Å²) in [5, 5.41) is 0. The van der Waals surface area contributed by atoms with Crippen LogP contribution in [-0.2, 0) is 0 Å². The number of hydrogen-bond acceptors (Lipinski definition) is 2. The molecule has 1 aliphatic heterocycles. The second-order valence-electron chi connectivity index (χ2n) is 5.63. The van der Waals surface area contributed by atoms with Crippen molar-refractivity contribution in [3.05, 3.63) is 34.9 Å². The average molecular weight is 270 g/mol. The zero-order chi connectivity index (χ0) is 14.7. The van der Waals surface area contributed by atoms with Gasteiger partial charge in [-0.3, -0.25) is 4.79 Å². The van der Waals surface area contributed by atoms with Gasteiger partial charge in [-0.1, -0.05) is 24.8 Å². The molecule has 3 nitrogen and oxygen atoms in total. The van der Waals surface area contributed by atoms with Gasteiger partial charge < -0.3 is 10.6 Å². The van der Waals surface area contributed by atoms with E-state index >= 15 is 0 Å². The van der Waals surface area contributed by atoms with Crippen LogP contribution in [0.5, 0.6) is 0 Å². The van der Waals surface area contributed by atoms with E-state index in [1.807, 2.05) is 30.0 Å². The molecule has 1 fully saturated rings. The Morgan fingerprint density at radius 1 is 1.45 bits per heavy atom. The van der Waals surface area contributed by atoms with E-state index < -0.39 is 0 Å². The molecule has 2 rings (SSSR count). The Kier molecular flexibility index (Phi) is 4.46. The fourth-order valence-electron chi connectivity index (χ4n) is 2.89. The zero-order valence-corrected chi connectivity index (χ0v) is 12.4. The molecule has 0 saturated carbocycles. The maximum absolute atomic E-state index is 12.7. The predicted molar refractivity (Wildman–Crippen MR) is 81.4 cm³/mol. The highest BCUT2D eigenvalue weighted by molar-refractivity contribution is 5.96. The zero-order valence-electron chi connectivity index (χ0n) is 12.4. The molecular formula is C17H22N2O. The highest BCUT2D eigenvalue weighted by Gasteiger charge is 2.31. The van der Waals surface area contributed by atoms with Gasteiger partial charge in [0.15, 0.2) is 0 Å². The number of rotatable bonds is 1. The van der Waals surface area contributed by atoms with Crippen LogP contribution in [0.25, 0.3) is 0 Å². The van der Waals surface area contributed by atoms with E-state index in [4.69, 9.17) is 5.73 Å². The number of likely N-dealkylation sites (tertiary alicyclic amines) is 1. The van der Waals surface area contributed by atoms with Gasteiger partial charge in [0.2, 0.25) is 0 Å². The molecule has 0 aliphatic carbocycles. The minimum atomic E-state index is 0.121. The number of carbonyl (C=O) groups is 1. The van der Waals surface area contributed by atoms with Gasteiger partial charge in [0, 0.05) is 23.7 Å². The van der Waals surface area contributed by atoms with E-state index in [2.05, 4.69) is 25.7 Å². The molecule has 0 aromatic heterocycles. The van der Waals surface area contributed by atoms with Crippen LogP contribution in [0.4, 0.5) is 0 Å². The first kappa shape index (κ1) is 14.6. The summed E-state index contributed by atoms with van der Waals surface area (Å²) in [6.45, 7) is 7.45. The second kappa shape index (κ2) is 6.11. The van der Waals surface area contributed by atoms with Crippen LogP contribution >= 0.6 is 0 Å². The van der Waals surface area contributed by atoms with Gasteiger partial charge in [-0.05, 0) is 43.9 Å². The highest BCUT2D eigenvalue weighted by atomic mass is 16.2. The molecule has 1 aliphatic rings. The van der Waals surface area contributed by atoms with Crippen LogP contribution < -0.4 is 5.73 Å². The van der Waals surface area contributed by atoms with Gasteiger partial charge in [-0.2, -0.15) is 0 Å². The highest BCUT2D eigenvalue weighted by Crippen LogP contribution is 2.25. The molecule has 3 heteroatoms. The molecule has 1 saturated heterocycles. The lowest BCUT2D eigenvalue weighted by Crippen LogP contribution is -2.34. The molecule has 1 heterocycles. The number of nitrogens with two attached hydrogens (primary N) is 1. The van der Waals surface area contributed by atoms with Crippen LogP contribution in [0.15, 0.2) is 18.2 Å². The number of amides is 1. The van der Waals surface area contributed by atoms with Gasteiger partial charge in [0.25, 0.3) is 5.91 Å². The van der Waals surface area contributed by atoms with Crippen LogP contribution in [0.1, 0.15) is 41.8 Å². The number of carbonyl (C=O) groups excluding carboxylic acids is 1. The Hall–Kier alpha value is -1.79. The lowest BCUT2D eigenvalue weighted by molar-refractivity contribution is 0.0743. The van der Waals surface area contributed by atoms with E-state index in [9.17, 15) is 4.79 Å². The maximum atomic E-state index is 12.7. The van der Waals surface area contributed by atoms with E-state index in [1.54, 1.807) is 0 Å². The van der Waals surface area contributed by atoms with Gasteiger partial charge in [-0.25, -0.2) is 0 Å². The molecule has 0 radical (unpaired) electrons. The summed E-state index contributed by atoms with van der Waals surface area (Å²) in [6, 6.07) is 6.03. The molecule has 0 spiro atoms. The molecule has 1 amide bonds. The first-order valence-corrected chi connectivity index (χ1v) is 7.14. The summed E-state index contributed by atoms with van der Waals surface area (Å²) in [6.07, 6.45) is 1.08. The van der Waals surface area contributed by atoms with E-state index in [0.717, 1.165) is 29.7 Å². The molecule has 1 aromatic rings. The smallest absolute Gasteiger partial charge is 0.254 e. The lowest BCUT2D eigenvalue weighted by Gasteiger charge is -2.22. The molecule has 0 bridgehead atoms. The molecule has 2 unspecified atom stereocenters. The number of nitrogens with zero attached hydrogens (tertiary/aromatic N) is 1. The normalized spacial score (nSPS) is 21.5. The monoisotopic (exact) mass is 270 g/mol. The van der Waals surface area contributed by atoms with Gasteiger partial charge in [0.1, 0.15) is 0 Å². The first-order valence-electron chi connectivity index (χ1n) is 7.14. The summed E-state index contributed by atoms with van der Waals surface area (Å²) in [4.78, 5) is 14.7. The molecule has 2 atom stereocenters. The molecule has 20 heavy (non-hydrogen) atoms. The van der Waals surface area contributed by atoms with Crippen molar-refractivity contribution in [3.63, 3.8) is 0 Å². The van der Waals surface area contributed by atoms with E-state index in [1.165, 1.54) is 0 Å². The van der Waals surface area contributed by atoms with Gasteiger partial charge in [-0.15, -0.1) is 0 Å². The molecular weight excluding hydrogens is 248 g/mol. The van der Waals surface area contributed by atoms with Crippen molar-refractivity contribution in [3.8, 4) is 11.8 Å². The van der Waals surface area contributed by atoms with Crippen LogP contribution in [-0.4, -0.2) is 29.9 Å². The summed E-state index contributed by atoms with van der Waals surface area (Å²) in [7, 11) is 0. The SMILES string of the molecule is Cc1c(C#CCN)cccc1C(=O)N1CC(C)CC1C. The third-order valence-electron chi connectivity index (χ3n) is 3.93. The quantitative estimate of drug-likeness (QED) is 0.795. The minimum absolute atomic E-state index is 0.121. The van der Waals surface area contributed by atoms with Crippen molar-refractivity contribution in [1.29, 1.82) is 0 Å². The van der Waals surface area contributed by atoms with Crippen LogP contribution in [0.3, 0.4) is 0 Å². The fourth-order valence-corrected chi connectivity index (χ4v) is 2.89. The third kappa shape index (κ3) is 2.86. The van der Waals surface area contributed by atoms with Crippen molar-refractivity contribution in [2.75, 3.05) is 13.1 Å². The third-order valence-corrected chi connectivity index (χ3v) is 3.93. The fraction of sp³-hybridized carbons (Fsp3) is 0.471. The van der Waals surface area contributed by atoms with Crippen LogP contribution in [0, 0.1) is 24.7 Å². The Labute approximate surface area is 121 Å². The second-order valence-corrected chi connectivity index (χ2v) is 5.63. The Morgan fingerprint density at radius 3 is 2.80 bits per heavy atom. The van der Waals surface area contributed by atoms with Crippen molar-refractivity contribution >= 4 is 5.91 Å². The lowest BCUT2D eigenvalue weighted by atomic mass is 10.0. The van der Waals surface area contributed by atoms with Gasteiger partial charge >= 0.3 is 0 Å². The van der Waals surface area contributed by atoms with Crippen molar-refractivity contribution in [2.24, 2.45) is 11.7 Å². The maximum Gasteiger partial charge on any atom is 0.254 e. The standard InChI is InChI=1S/C17H22N2O/c1-12-10-13(2)19(11-12)17(20)16-8-4-6-15(14(16)3)7-5-9-18/h4,6,8,12-13H,9-11,18H2,1-3H3. The Bertz CT molecular complexity index is 568. The minimum Gasteiger partial charge on any atom is -0.336 e. The molecule has 2 N–H and O–H groups in total. The molecule has 1 aromatic carbocycles.